The van der Waals surface area contributed by atoms with Crippen molar-refractivity contribution in [2.75, 3.05) is 33.4 Å². The number of likely N-dealkylation sites (N-methyl/N-ethyl adjacent to an activating group) is 1. The molecule has 12 nitrogen and oxygen atoms in total. The van der Waals surface area contributed by atoms with Crippen molar-refractivity contribution in [3.05, 3.63) is 42.1 Å². The van der Waals surface area contributed by atoms with Crippen LogP contribution < -0.4 is 5.32 Å². The Bertz CT molecular complexity index is 1400. The average Bonchev–Trinajstić information content (AvgIpc) is 2.88. The summed E-state index contributed by atoms with van der Waals surface area (Å²) in [6, 6.07) is 6.86. The fraction of sp³-hybridized carbons (Fsp3) is 0.417. The van der Waals surface area contributed by atoms with Crippen LogP contribution >= 0.6 is 0 Å². The molecule has 37 heavy (non-hydrogen) atoms. The van der Waals surface area contributed by atoms with Gasteiger partial charge >= 0.3 is 0 Å². The van der Waals surface area contributed by atoms with Gasteiger partial charge in [-0.05, 0) is 24.5 Å². The van der Waals surface area contributed by atoms with Gasteiger partial charge in [-0.1, -0.05) is 24.3 Å². The summed E-state index contributed by atoms with van der Waals surface area (Å²) in [5.74, 6) is -3.90. The maximum absolute atomic E-state index is 13.0. The van der Waals surface area contributed by atoms with Gasteiger partial charge in [-0.2, -0.15) is 0 Å². The Hall–Kier alpha value is -3.71. The largest absolute Gasteiger partial charge is 0.350 e. The third-order valence-electron chi connectivity index (χ3n) is 6.54. The van der Waals surface area contributed by atoms with Crippen LogP contribution in [0.5, 0.6) is 0 Å². The van der Waals surface area contributed by atoms with Crippen LogP contribution in [0.15, 0.2) is 41.5 Å². The van der Waals surface area contributed by atoms with Crippen LogP contribution in [0.1, 0.15) is 18.4 Å². The van der Waals surface area contributed by atoms with Crippen molar-refractivity contribution < 1.29 is 27.6 Å². The third kappa shape index (κ3) is 5.23. The molecule has 1 aromatic heterocycles. The molecule has 0 bridgehead atoms. The zero-order valence-electron chi connectivity index (χ0n) is 20.7. The van der Waals surface area contributed by atoms with E-state index < -0.39 is 51.4 Å². The van der Waals surface area contributed by atoms with Crippen LogP contribution in [0.2, 0.25) is 0 Å². The standard InChI is InChI=1S/C24H28N6O6S/c1-28(2)37(35,36)14-18(31)29(3)17-10-6-12-30-22(17)27-20(21(32)24(30)34)23(33)26-13-16-8-4-7-15-9-5-11-25-19(15)16/h4-5,7-9,11,17,20H,6,10,12-14H2,1-3H3,(H,26,33). The number of Topliss-reactive ketones (excluding diaryl/α,β-unsaturated/α-hetero) is 1. The van der Waals surface area contributed by atoms with Gasteiger partial charge in [-0.15, -0.1) is 0 Å². The molecule has 4 rings (SSSR count). The van der Waals surface area contributed by atoms with Crippen LogP contribution in [0, 0.1) is 0 Å². The van der Waals surface area contributed by atoms with Crippen LogP contribution in [-0.4, -0.2) is 102 Å². The fourth-order valence-electron chi connectivity index (χ4n) is 4.36. The summed E-state index contributed by atoms with van der Waals surface area (Å²) in [4.78, 5) is 62.5. The normalized spacial score (nSPS) is 20.0. The van der Waals surface area contributed by atoms with Gasteiger partial charge in [-0.3, -0.25) is 29.1 Å². The van der Waals surface area contributed by atoms with Crippen molar-refractivity contribution in [2.24, 2.45) is 4.99 Å². The third-order valence-corrected chi connectivity index (χ3v) is 8.26. The zero-order valence-corrected chi connectivity index (χ0v) is 21.6. The molecule has 3 amide bonds. The highest BCUT2D eigenvalue weighted by molar-refractivity contribution is 7.89. The molecule has 1 aromatic carbocycles. The lowest BCUT2D eigenvalue weighted by Gasteiger charge is -2.41. The van der Waals surface area contributed by atoms with Crippen molar-refractivity contribution >= 4 is 50.3 Å². The number of hydrogen-bond acceptors (Lipinski definition) is 8. The highest BCUT2D eigenvalue weighted by Gasteiger charge is 2.45. The number of benzene rings is 1. The predicted molar refractivity (Wildman–Crippen MR) is 135 cm³/mol. The molecule has 0 saturated carbocycles. The van der Waals surface area contributed by atoms with Gasteiger partial charge in [0.25, 0.3) is 17.6 Å². The summed E-state index contributed by atoms with van der Waals surface area (Å²) in [6.07, 6.45) is 2.52. The van der Waals surface area contributed by atoms with E-state index in [9.17, 15) is 27.6 Å². The molecule has 2 aliphatic rings. The lowest BCUT2D eigenvalue weighted by atomic mass is 9.98. The number of ketones is 1. The lowest BCUT2D eigenvalue weighted by molar-refractivity contribution is -0.146. The molecule has 2 aromatic rings. The molecule has 2 unspecified atom stereocenters. The molecule has 2 aliphatic heterocycles. The number of amides is 3. The molecule has 196 valence electrons. The smallest absolute Gasteiger partial charge is 0.298 e. The number of aliphatic imine (C=N–C) groups is 1. The number of hydrogen-bond donors (Lipinski definition) is 1. The summed E-state index contributed by atoms with van der Waals surface area (Å²) in [5.41, 5.74) is 1.44. The van der Waals surface area contributed by atoms with Crippen molar-refractivity contribution in [1.29, 1.82) is 0 Å². The summed E-state index contributed by atoms with van der Waals surface area (Å²) < 4.78 is 25.4. The predicted octanol–water partition coefficient (Wildman–Crippen LogP) is -0.458. The Labute approximate surface area is 214 Å². The second-order valence-corrected chi connectivity index (χ2v) is 11.3. The van der Waals surface area contributed by atoms with Gasteiger partial charge < -0.3 is 10.2 Å². The van der Waals surface area contributed by atoms with Crippen LogP contribution in [0.25, 0.3) is 10.9 Å². The molecule has 13 heteroatoms. The first-order chi connectivity index (χ1) is 17.5. The molecule has 3 heterocycles. The zero-order chi connectivity index (χ0) is 26.9. The number of amidine groups is 1. The summed E-state index contributed by atoms with van der Waals surface area (Å²) >= 11 is 0. The number of nitrogens with zero attached hydrogens (tertiary/aromatic N) is 5. The van der Waals surface area contributed by atoms with E-state index in [1.165, 1.54) is 30.9 Å². The van der Waals surface area contributed by atoms with Crippen LogP contribution in [-0.2, 0) is 35.7 Å². The summed E-state index contributed by atoms with van der Waals surface area (Å²) in [6.45, 7) is 0.290. The molecule has 0 spiro atoms. The number of aromatic nitrogens is 1. The van der Waals surface area contributed by atoms with Gasteiger partial charge in [-0.25, -0.2) is 17.7 Å². The summed E-state index contributed by atoms with van der Waals surface area (Å²) in [7, 11) is 0.282. The van der Waals surface area contributed by atoms with Gasteiger partial charge in [0.15, 0.2) is 6.04 Å². The number of sulfonamides is 1. The second-order valence-electron chi connectivity index (χ2n) is 9.12. The molecule has 1 saturated heterocycles. The van der Waals surface area contributed by atoms with Gasteiger partial charge in [0.2, 0.25) is 15.9 Å². The van der Waals surface area contributed by atoms with Crippen molar-refractivity contribution in [3.63, 3.8) is 0 Å². The molecular weight excluding hydrogens is 500 g/mol. The lowest BCUT2D eigenvalue weighted by Crippen LogP contribution is -2.62. The molecule has 2 atom stereocenters. The number of carbonyl (C=O) groups excluding carboxylic acids is 4. The average molecular weight is 529 g/mol. The van der Waals surface area contributed by atoms with Crippen molar-refractivity contribution in [2.45, 2.75) is 31.5 Å². The molecule has 0 radical (unpaired) electrons. The van der Waals surface area contributed by atoms with E-state index in [4.69, 9.17) is 0 Å². The van der Waals surface area contributed by atoms with Gasteiger partial charge in [0, 0.05) is 45.8 Å². The summed E-state index contributed by atoms with van der Waals surface area (Å²) in [5, 5.41) is 3.57. The Morgan fingerprint density at radius 3 is 2.59 bits per heavy atom. The number of piperidine rings is 1. The van der Waals surface area contributed by atoms with Crippen molar-refractivity contribution in [3.8, 4) is 0 Å². The van der Waals surface area contributed by atoms with E-state index in [0.717, 1.165) is 15.3 Å². The van der Waals surface area contributed by atoms with E-state index in [0.29, 0.717) is 18.4 Å². The minimum absolute atomic E-state index is 0.0734. The Morgan fingerprint density at radius 1 is 1.14 bits per heavy atom. The van der Waals surface area contributed by atoms with E-state index in [1.54, 1.807) is 18.3 Å². The topological polar surface area (TPSA) is 149 Å². The minimum Gasteiger partial charge on any atom is -0.350 e. The number of carbonyl (C=O) groups is 4. The monoisotopic (exact) mass is 528 g/mol. The molecular formula is C24H28N6O6S. The number of para-hydroxylation sites is 1. The maximum Gasteiger partial charge on any atom is 0.298 e. The van der Waals surface area contributed by atoms with Crippen molar-refractivity contribution in [1.82, 2.24) is 24.4 Å². The van der Waals surface area contributed by atoms with Crippen LogP contribution in [0.3, 0.4) is 0 Å². The van der Waals surface area contributed by atoms with Gasteiger partial charge in [0.05, 0.1) is 11.6 Å². The van der Waals surface area contributed by atoms with Gasteiger partial charge in [0.1, 0.15) is 11.6 Å². The first-order valence-corrected chi connectivity index (χ1v) is 13.3. The molecule has 1 N–H and O–H groups in total. The Kier molecular flexibility index (Phi) is 7.37. The maximum atomic E-state index is 13.0. The Balaban J connectivity index is 1.56. The number of rotatable bonds is 7. The fourth-order valence-corrected chi connectivity index (χ4v) is 5.14. The Morgan fingerprint density at radius 2 is 1.86 bits per heavy atom. The highest BCUT2D eigenvalue weighted by atomic mass is 32.2. The minimum atomic E-state index is -3.81. The van der Waals surface area contributed by atoms with E-state index in [-0.39, 0.29) is 18.9 Å². The first kappa shape index (κ1) is 26.4. The number of fused-ring (bicyclic) bond motifs is 2. The molecule has 0 aliphatic carbocycles. The van der Waals surface area contributed by atoms with E-state index in [1.807, 2.05) is 18.2 Å². The quantitative estimate of drug-likeness (QED) is 0.378. The SMILES string of the molecule is CN(C(=O)CS(=O)(=O)N(C)C)C1CCCN2C(=O)C(=O)C(C(=O)NCc3cccc4cccnc34)N=C12. The van der Waals surface area contributed by atoms with E-state index >= 15 is 0 Å². The number of pyridine rings is 1. The highest BCUT2D eigenvalue weighted by Crippen LogP contribution is 2.23. The number of nitrogens with one attached hydrogen (secondary N) is 1. The molecule has 1 fully saturated rings. The second kappa shape index (κ2) is 10.3. The van der Waals surface area contributed by atoms with E-state index in [2.05, 4.69) is 15.3 Å². The van der Waals surface area contributed by atoms with Crippen LogP contribution in [0.4, 0.5) is 0 Å². The first-order valence-electron chi connectivity index (χ1n) is 11.7.